The quantitative estimate of drug-likeness (QED) is 0.387. The average Bonchev–Trinajstić information content (AvgIpc) is 2.61. The van der Waals surface area contributed by atoms with E-state index in [0.717, 1.165) is 23.7 Å². The molecular formula is C20H27N3O2. The third-order valence-electron chi connectivity index (χ3n) is 4.18. The molecule has 0 radical (unpaired) electrons. The van der Waals surface area contributed by atoms with E-state index in [2.05, 4.69) is 22.4 Å². The van der Waals surface area contributed by atoms with E-state index in [0.29, 0.717) is 12.0 Å². The first-order valence-corrected chi connectivity index (χ1v) is 9.14. The summed E-state index contributed by atoms with van der Waals surface area (Å²) in [4.78, 5) is 26.5. The molecule has 0 aliphatic heterocycles. The molecule has 0 saturated heterocycles. The van der Waals surface area contributed by atoms with E-state index in [1.165, 1.54) is 38.3 Å². The number of aromatic amines is 1. The number of fused-ring (bicyclic) bond motifs is 1. The molecule has 0 aliphatic carbocycles. The molecule has 0 bridgehead atoms. The predicted octanol–water partition coefficient (Wildman–Crippen LogP) is 4.12. The average molecular weight is 341 g/mol. The van der Waals surface area contributed by atoms with E-state index < -0.39 is 0 Å². The fraction of sp³-hybridized carbons (Fsp3) is 0.450. The third-order valence-corrected chi connectivity index (χ3v) is 4.18. The van der Waals surface area contributed by atoms with Crippen LogP contribution in [0.4, 0.5) is 0 Å². The predicted molar refractivity (Wildman–Crippen MR) is 103 cm³/mol. The van der Waals surface area contributed by atoms with Crippen LogP contribution in [0.25, 0.3) is 10.9 Å². The van der Waals surface area contributed by atoms with Crippen molar-refractivity contribution in [2.24, 2.45) is 5.10 Å². The largest absolute Gasteiger partial charge is 0.321 e. The Balaban J connectivity index is 1.74. The second-order valence-corrected chi connectivity index (χ2v) is 6.31. The first-order chi connectivity index (χ1) is 12.2. The second kappa shape index (κ2) is 10.4. The highest BCUT2D eigenvalue weighted by molar-refractivity contribution is 5.88. The van der Waals surface area contributed by atoms with Crippen LogP contribution < -0.4 is 11.0 Å². The number of unbranched alkanes of at least 4 members (excludes halogenated alkanes) is 6. The molecule has 0 atom stereocenters. The van der Waals surface area contributed by atoms with Crippen LogP contribution in [-0.2, 0) is 4.79 Å². The maximum Gasteiger partial charge on any atom is 0.257 e. The second-order valence-electron chi connectivity index (χ2n) is 6.31. The van der Waals surface area contributed by atoms with Crippen molar-refractivity contribution in [3.05, 3.63) is 46.2 Å². The van der Waals surface area contributed by atoms with Gasteiger partial charge in [0.2, 0.25) is 5.91 Å². The van der Waals surface area contributed by atoms with Crippen LogP contribution in [-0.4, -0.2) is 17.1 Å². The van der Waals surface area contributed by atoms with Gasteiger partial charge in [0, 0.05) is 11.9 Å². The number of H-pyrrole nitrogens is 1. The number of carbonyl (C=O) groups excluding carboxylic acids is 1. The SMILES string of the molecule is CCCCCCCCCC(=O)N/N=C\c1cc2ccccc2[nH]c1=O. The highest BCUT2D eigenvalue weighted by Crippen LogP contribution is 2.09. The summed E-state index contributed by atoms with van der Waals surface area (Å²) in [5.74, 6) is -0.109. The Morgan fingerprint density at radius 3 is 2.64 bits per heavy atom. The van der Waals surface area contributed by atoms with Crippen LogP contribution >= 0.6 is 0 Å². The molecule has 0 aliphatic rings. The van der Waals surface area contributed by atoms with E-state index in [1.54, 1.807) is 6.07 Å². The molecule has 0 spiro atoms. The molecule has 0 fully saturated rings. The summed E-state index contributed by atoms with van der Waals surface area (Å²) in [6, 6.07) is 9.31. The molecule has 1 amide bonds. The molecule has 2 aromatic rings. The van der Waals surface area contributed by atoms with Crippen molar-refractivity contribution >= 4 is 23.0 Å². The van der Waals surface area contributed by atoms with Gasteiger partial charge in [-0.25, -0.2) is 5.43 Å². The Labute approximate surface area is 148 Å². The molecule has 2 rings (SSSR count). The van der Waals surface area contributed by atoms with Crippen molar-refractivity contribution in [2.75, 3.05) is 0 Å². The van der Waals surface area contributed by atoms with Crippen molar-refractivity contribution in [3.63, 3.8) is 0 Å². The van der Waals surface area contributed by atoms with Crippen LogP contribution in [0.3, 0.4) is 0 Å². The Hall–Kier alpha value is -2.43. The molecule has 1 heterocycles. The number of hydrogen-bond acceptors (Lipinski definition) is 3. The van der Waals surface area contributed by atoms with E-state index >= 15 is 0 Å². The summed E-state index contributed by atoms with van der Waals surface area (Å²) in [6.07, 6.45) is 10.1. The normalized spacial score (nSPS) is 11.2. The van der Waals surface area contributed by atoms with Crippen LogP contribution in [0.2, 0.25) is 0 Å². The highest BCUT2D eigenvalue weighted by atomic mass is 16.2. The number of nitrogens with zero attached hydrogens (tertiary/aromatic N) is 1. The van der Waals surface area contributed by atoms with Crippen LogP contribution in [0, 0.1) is 0 Å². The van der Waals surface area contributed by atoms with Crippen LogP contribution in [0.1, 0.15) is 63.9 Å². The van der Waals surface area contributed by atoms with Gasteiger partial charge in [-0.05, 0) is 23.9 Å². The summed E-state index contributed by atoms with van der Waals surface area (Å²) >= 11 is 0. The van der Waals surface area contributed by atoms with Gasteiger partial charge in [-0.3, -0.25) is 9.59 Å². The first kappa shape index (κ1) is 18.9. The number of amides is 1. The highest BCUT2D eigenvalue weighted by Gasteiger charge is 2.02. The molecule has 1 aromatic heterocycles. The third kappa shape index (κ3) is 6.53. The fourth-order valence-electron chi connectivity index (χ4n) is 2.73. The molecule has 2 N–H and O–H groups in total. The van der Waals surface area contributed by atoms with Gasteiger partial charge in [-0.2, -0.15) is 5.10 Å². The molecule has 134 valence electrons. The first-order valence-electron chi connectivity index (χ1n) is 9.14. The van der Waals surface area contributed by atoms with E-state index in [9.17, 15) is 9.59 Å². The zero-order valence-electron chi connectivity index (χ0n) is 14.9. The van der Waals surface area contributed by atoms with Gasteiger partial charge in [0.1, 0.15) is 0 Å². The Kier molecular flexibility index (Phi) is 7.89. The summed E-state index contributed by atoms with van der Waals surface area (Å²) in [6.45, 7) is 2.20. The van der Waals surface area contributed by atoms with Gasteiger partial charge in [0.15, 0.2) is 0 Å². The van der Waals surface area contributed by atoms with E-state index in [-0.39, 0.29) is 11.5 Å². The zero-order valence-corrected chi connectivity index (χ0v) is 14.9. The summed E-state index contributed by atoms with van der Waals surface area (Å²) < 4.78 is 0. The standard InChI is InChI=1S/C20H27N3O2/c1-2-3-4-5-6-7-8-13-19(24)23-21-15-17-14-16-11-9-10-12-18(16)22-20(17)25/h9-12,14-15H,2-8,13H2,1H3,(H,22,25)(H,23,24)/b21-15-. The van der Waals surface area contributed by atoms with Gasteiger partial charge in [0.05, 0.1) is 11.8 Å². The number of hydrogen-bond donors (Lipinski definition) is 2. The lowest BCUT2D eigenvalue weighted by molar-refractivity contribution is -0.121. The van der Waals surface area contributed by atoms with Crippen molar-refractivity contribution in [3.8, 4) is 0 Å². The Bertz CT molecular complexity index is 765. The Morgan fingerprint density at radius 1 is 1.12 bits per heavy atom. The molecule has 5 heteroatoms. The van der Waals surface area contributed by atoms with Gasteiger partial charge in [-0.15, -0.1) is 0 Å². The summed E-state index contributed by atoms with van der Waals surface area (Å²) in [5, 5.41) is 4.83. The number of pyridine rings is 1. The number of benzene rings is 1. The van der Waals surface area contributed by atoms with E-state index in [4.69, 9.17) is 0 Å². The fourth-order valence-corrected chi connectivity index (χ4v) is 2.73. The number of hydrazone groups is 1. The van der Waals surface area contributed by atoms with Crippen molar-refractivity contribution in [2.45, 2.75) is 58.3 Å². The van der Waals surface area contributed by atoms with Crippen LogP contribution in [0.5, 0.6) is 0 Å². The van der Waals surface area contributed by atoms with Gasteiger partial charge < -0.3 is 4.98 Å². The number of nitrogens with one attached hydrogen (secondary N) is 2. The minimum absolute atomic E-state index is 0.109. The smallest absolute Gasteiger partial charge is 0.257 e. The maximum atomic E-state index is 12.0. The number of para-hydroxylation sites is 1. The zero-order chi connectivity index (χ0) is 17.9. The van der Waals surface area contributed by atoms with Crippen molar-refractivity contribution in [1.82, 2.24) is 10.4 Å². The van der Waals surface area contributed by atoms with Gasteiger partial charge in [0.25, 0.3) is 5.56 Å². The molecule has 5 nitrogen and oxygen atoms in total. The minimum atomic E-state index is -0.219. The van der Waals surface area contributed by atoms with Crippen molar-refractivity contribution < 1.29 is 4.79 Å². The maximum absolute atomic E-state index is 12.0. The molecule has 0 unspecified atom stereocenters. The van der Waals surface area contributed by atoms with Crippen molar-refractivity contribution in [1.29, 1.82) is 0 Å². The van der Waals surface area contributed by atoms with Gasteiger partial charge in [-0.1, -0.05) is 63.6 Å². The minimum Gasteiger partial charge on any atom is -0.321 e. The Morgan fingerprint density at radius 2 is 1.84 bits per heavy atom. The summed E-state index contributed by atoms with van der Waals surface area (Å²) in [7, 11) is 0. The van der Waals surface area contributed by atoms with Crippen LogP contribution in [0.15, 0.2) is 40.2 Å². The molecular weight excluding hydrogens is 314 g/mol. The van der Waals surface area contributed by atoms with Gasteiger partial charge >= 0.3 is 0 Å². The molecule has 0 saturated carbocycles. The number of carbonyl (C=O) groups is 1. The lowest BCUT2D eigenvalue weighted by Crippen LogP contribution is -2.18. The monoisotopic (exact) mass is 341 g/mol. The molecule has 25 heavy (non-hydrogen) atoms. The topological polar surface area (TPSA) is 74.3 Å². The lowest BCUT2D eigenvalue weighted by Gasteiger charge is -2.01. The number of aromatic nitrogens is 1. The lowest BCUT2D eigenvalue weighted by atomic mass is 10.1. The summed E-state index contributed by atoms with van der Waals surface area (Å²) in [5.41, 5.74) is 3.49. The number of rotatable bonds is 10. The van der Waals surface area contributed by atoms with E-state index in [1.807, 2.05) is 24.3 Å². The molecule has 1 aromatic carbocycles.